The molecule has 0 spiro atoms. The molecule has 0 aromatic heterocycles. The van der Waals surface area contributed by atoms with Crippen LogP contribution in [0, 0.1) is 0 Å². The van der Waals surface area contributed by atoms with Crippen molar-refractivity contribution in [3.05, 3.63) is 35.4 Å². The summed E-state index contributed by atoms with van der Waals surface area (Å²) in [7, 11) is -1.55. The molecule has 1 aromatic rings. The van der Waals surface area contributed by atoms with E-state index >= 15 is 0 Å². The molecule has 1 aromatic carbocycles. The molecule has 0 fully saturated rings. The Morgan fingerprint density at radius 3 is 2.17 bits per heavy atom. The second kappa shape index (κ2) is 5.13. The van der Waals surface area contributed by atoms with E-state index in [0.29, 0.717) is 5.88 Å². The monoisotopic (exact) mass is 238 g/mol. The Hall–Kier alpha value is 0.307. The van der Waals surface area contributed by atoms with E-state index in [1.54, 1.807) is 0 Å². The van der Waals surface area contributed by atoms with Gasteiger partial charge in [0.05, 0.1) is 0 Å². The van der Waals surface area contributed by atoms with Crippen LogP contribution in [0.5, 0.6) is 0 Å². The van der Waals surface area contributed by atoms with E-state index in [2.05, 4.69) is 0 Å². The Labute approximate surface area is 88.5 Å². The van der Waals surface area contributed by atoms with Crippen molar-refractivity contribution in [3.63, 3.8) is 0 Å². The lowest BCUT2D eigenvalue weighted by molar-refractivity contribution is 1.26. The predicted octanol–water partition coefficient (Wildman–Crippen LogP) is 3.21. The van der Waals surface area contributed by atoms with Crippen LogP contribution in [0.3, 0.4) is 0 Å². The molecular weight excluding hydrogens is 231 g/mol. The molecule has 0 radical (unpaired) electrons. The molecule has 12 heavy (non-hydrogen) atoms. The van der Waals surface area contributed by atoms with Gasteiger partial charge in [0.2, 0.25) is 7.42 Å². The van der Waals surface area contributed by atoms with Gasteiger partial charge in [-0.3, -0.25) is 0 Å². The summed E-state index contributed by atoms with van der Waals surface area (Å²) in [5, 5.41) is 0. The summed E-state index contributed by atoms with van der Waals surface area (Å²) in [6, 6.07) is 8.79. The summed E-state index contributed by atoms with van der Waals surface area (Å²) in [6.45, 7) is 0. The first-order chi connectivity index (χ1) is 5.74. The fourth-order valence-electron chi connectivity index (χ4n) is 1.05. The first kappa shape index (κ1) is 10.4. The minimum absolute atomic E-state index is 0.533. The Balaban J connectivity index is 2.82. The molecular formula is C8H9Cl3Si. The molecule has 4 heteroatoms. The van der Waals surface area contributed by atoms with Crippen molar-refractivity contribution < 1.29 is 0 Å². The molecule has 0 nitrogen and oxygen atoms in total. The maximum absolute atomic E-state index is 5.80. The summed E-state index contributed by atoms with van der Waals surface area (Å²) in [6.07, 6.45) is 0. The van der Waals surface area contributed by atoms with Crippen molar-refractivity contribution in [1.29, 1.82) is 0 Å². The standard InChI is InChI=1S/C8H9Cl3Si/c9-5-7-3-1-2-4-8(7)6-12(10)11/h1-4,12H,5-6H2. The van der Waals surface area contributed by atoms with Gasteiger partial charge in [0.1, 0.15) is 0 Å². The average molecular weight is 240 g/mol. The van der Waals surface area contributed by atoms with Gasteiger partial charge in [-0.25, -0.2) is 0 Å². The van der Waals surface area contributed by atoms with Crippen LogP contribution in [0.1, 0.15) is 11.1 Å². The number of rotatable bonds is 3. The van der Waals surface area contributed by atoms with E-state index in [9.17, 15) is 0 Å². The lowest BCUT2D eigenvalue weighted by Gasteiger charge is -2.05. The van der Waals surface area contributed by atoms with Crippen LogP contribution in [-0.4, -0.2) is 7.42 Å². The SMILES string of the molecule is ClCc1ccccc1C[SiH](Cl)Cl. The van der Waals surface area contributed by atoms with Crippen molar-refractivity contribution >= 4 is 41.2 Å². The van der Waals surface area contributed by atoms with Gasteiger partial charge in [-0.2, -0.15) is 0 Å². The summed E-state index contributed by atoms with van der Waals surface area (Å²) < 4.78 is 0. The van der Waals surface area contributed by atoms with Crippen LogP contribution in [0.2, 0.25) is 0 Å². The number of alkyl halides is 1. The fraction of sp³-hybridized carbons (Fsp3) is 0.250. The van der Waals surface area contributed by atoms with Crippen molar-refractivity contribution in [3.8, 4) is 0 Å². The quantitative estimate of drug-likeness (QED) is 0.432. The van der Waals surface area contributed by atoms with E-state index in [0.717, 1.165) is 11.6 Å². The van der Waals surface area contributed by atoms with Gasteiger partial charge in [0, 0.05) is 5.88 Å². The molecule has 0 aliphatic heterocycles. The van der Waals surface area contributed by atoms with Gasteiger partial charge in [-0.1, -0.05) is 24.3 Å². The number of halogens is 3. The van der Waals surface area contributed by atoms with Gasteiger partial charge < -0.3 is 0 Å². The van der Waals surface area contributed by atoms with Crippen LogP contribution in [-0.2, 0) is 11.9 Å². The molecule has 0 bridgehead atoms. The van der Waals surface area contributed by atoms with Crippen LogP contribution in [0.25, 0.3) is 0 Å². The zero-order chi connectivity index (χ0) is 8.97. The van der Waals surface area contributed by atoms with Crippen molar-refractivity contribution in [2.75, 3.05) is 0 Å². The van der Waals surface area contributed by atoms with Gasteiger partial charge >= 0.3 is 0 Å². The van der Waals surface area contributed by atoms with Gasteiger partial charge in [-0.05, 0) is 17.2 Å². The highest BCUT2D eigenvalue weighted by molar-refractivity contribution is 7.33. The average Bonchev–Trinajstić information content (AvgIpc) is 2.04. The van der Waals surface area contributed by atoms with Gasteiger partial charge in [0.15, 0.2) is 0 Å². The molecule has 0 atom stereocenters. The smallest absolute Gasteiger partial charge is 0.150 e. The molecule has 0 amide bonds. The van der Waals surface area contributed by atoms with Crippen LogP contribution < -0.4 is 0 Å². The van der Waals surface area contributed by atoms with E-state index in [-0.39, 0.29) is 0 Å². The summed E-state index contributed by atoms with van der Waals surface area (Å²) >= 11 is 17.3. The summed E-state index contributed by atoms with van der Waals surface area (Å²) in [4.78, 5) is 0. The highest BCUT2D eigenvalue weighted by atomic mass is 35.7. The van der Waals surface area contributed by atoms with E-state index < -0.39 is 7.42 Å². The maximum Gasteiger partial charge on any atom is 0.241 e. The zero-order valence-corrected chi connectivity index (χ0v) is 9.86. The second-order valence-corrected chi connectivity index (χ2v) is 7.79. The third kappa shape index (κ3) is 2.98. The van der Waals surface area contributed by atoms with Gasteiger partial charge in [0.25, 0.3) is 0 Å². The Morgan fingerprint density at radius 1 is 1.08 bits per heavy atom. The van der Waals surface area contributed by atoms with Crippen LogP contribution in [0.15, 0.2) is 24.3 Å². The first-order valence-corrected chi connectivity index (χ1v) is 8.49. The van der Waals surface area contributed by atoms with Crippen LogP contribution >= 0.6 is 33.8 Å². The number of hydrogen-bond donors (Lipinski definition) is 0. The Bertz CT molecular complexity index is 250. The predicted molar refractivity (Wildman–Crippen MR) is 58.6 cm³/mol. The lowest BCUT2D eigenvalue weighted by atomic mass is 10.1. The Kier molecular flexibility index (Phi) is 4.44. The number of hydrogen-bond acceptors (Lipinski definition) is 0. The highest BCUT2D eigenvalue weighted by Crippen LogP contribution is 2.15. The largest absolute Gasteiger partial charge is 0.241 e. The molecule has 0 unspecified atom stereocenters. The minimum Gasteiger partial charge on any atom is -0.150 e. The minimum atomic E-state index is -1.55. The Morgan fingerprint density at radius 2 is 1.67 bits per heavy atom. The van der Waals surface area contributed by atoms with Crippen LogP contribution in [0.4, 0.5) is 0 Å². The molecule has 0 aliphatic carbocycles. The lowest BCUT2D eigenvalue weighted by Crippen LogP contribution is -2.02. The van der Waals surface area contributed by atoms with Crippen molar-refractivity contribution in [2.45, 2.75) is 11.9 Å². The summed E-state index contributed by atoms with van der Waals surface area (Å²) in [5.74, 6) is 0.533. The van der Waals surface area contributed by atoms with E-state index in [4.69, 9.17) is 33.8 Å². The molecule has 0 saturated heterocycles. The van der Waals surface area contributed by atoms with Crippen molar-refractivity contribution in [2.24, 2.45) is 0 Å². The number of benzene rings is 1. The fourth-order valence-corrected chi connectivity index (χ4v) is 3.04. The molecule has 0 aliphatic rings. The molecule has 0 heterocycles. The first-order valence-electron chi connectivity index (χ1n) is 3.65. The highest BCUT2D eigenvalue weighted by Gasteiger charge is 2.06. The second-order valence-electron chi connectivity index (χ2n) is 2.50. The van der Waals surface area contributed by atoms with E-state index in [1.165, 1.54) is 5.56 Å². The van der Waals surface area contributed by atoms with Gasteiger partial charge in [-0.15, -0.1) is 33.8 Å². The normalized spacial score (nSPS) is 10.7. The zero-order valence-electron chi connectivity index (χ0n) is 6.43. The van der Waals surface area contributed by atoms with E-state index in [1.807, 2.05) is 24.3 Å². The molecule has 1 rings (SSSR count). The maximum atomic E-state index is 5.80. The molecule has 66 valence electrons. The topological polar surface area (TPSA) is 0 Å². The third-order valence-electron chi connectivity index (χ3n) is 1.64. The molecule has 0 saturated carbocycles. The third-order valence-corrected chi connectivity index (χ3v) is 3.60. The summed E-state index contributed by atoms with van der Waals surface area (Å²) in [5.41, 5.74) is 2.33. The molecule has 0 N–H and O–H groups in total. The van der Waals surface area contributed by atoms with Crippen molar-refractivity contribution in [1.82, 2.24) is 0 Å².